The van der Waals surface area contributed by atoms with Crippen LogP contribution in [0.4, 0.5) is 0 Å². The molecular formula is C15H23NO3. The molecule has 1 aliphatic heterocycles. The minimum Gasteiger partial charge on any atom is -0.504 e. The number of phenols is 1. The zero-order valence-corrected chi connectivity index (χ0v) is 11.5. The van der Waals surface area contributed by atoms with Gasteiger partial charge in [-0.25, -0.2) is 0 Å². The molecule has 106 valence electrons. The van der Waals surface area contributed by atoms with Gasteiger partial charge in [-0.1, -0.05) is 12.1 Å². The molecular weight excluding hydrogens is 242 g/mol. The highest BCUT2D eigenvalue weighted by Gasteiger charge is 2.26. The maximum Gasteiger partial charge on any atom is 0.162 e. The zero-order valence-electron chi connectivity index (χ0n) is 11.5. The maximum absolute atomic E-state index is 10.3. The zero-order chi connectivity index (χ0) is 13.7. The number of aromatic hydroxyl groups is 1. The van der Waals surface area contributed by atoms with Crippen molar-refractivity contribution in [3.63, 3.8) is 0 Å². The number of aliphatic hydroxyl groups excluding tert-OH is 1. The lowest BCUT2D eigenvalue weighted by molar-refractivity contribution is 0.181. The largest absolute Gasteiger partial charge is 0.504 e. The molecule has 1 aliphatic rings. The van der Waals surface area contributed by atoms with Crippen molar-refractivity contribution >= 4 is 0 Å². The SMILES string of the molecule is CCOc1cccc(C(CCO)N2CCCC2)c1O. The lowest BCUT2D eigenvalue weighted by atomic mass is 10.0. The van der Waals surface area contributed by atoms with Crippen molar-refractivity contribution < 1.29 is 14.9 Å². The van der Waals surface area contributed by atoms with Crippen LogP contribution in [-0.2, 0) is 0 Å². The highest BCUT2D eigenvalue weighted by atomic mass is 16.5. The molecule has 1 saturated heterocycles. The van der Waals surface area contributed by atoms with E-state index in [1.165, 1.54) is 12.8 Å². The number of rotatable bonds is 6. The van der Waals surface area contributed by atoms with Crippen LogP contribution in [0.1, 0.15) is 37.8 Å². The maximum atomic E-state index is 10.3. The molecule has 1 fully saturated rings. The molecule has 0 bridgehead atoms. The van der Waals surface area contributed by atoms with Crippen molar-refractivity contribution in [3.8, 4) is 11.5 Å². The number of phenolic OH excluding ortho intramolecular Hbond substituents is 1. The Morgan fingerprint density at radius 2 is 2.05 bits per heavy atom. The van der Waals surface area contributed by atoms with E-state index in [2.05, 4.69) is 4.90 Å². The van der Waals surface area contributed by atoms with E-state index in [9.17, 15) is 10.2 Å². The lowest BCUT2D eigenvalue weighted by Crippen LogP contribution is -2.26. The van der Waals surface area contributed by atoms with Crippen molar-refractivity contribution in [2.75, 3.05) is 26.3 Å². The molecule has 2 N–H and O–H groups in total. The van der Waals surface area contributed by atoms with E-state index in [1.54, 1.807) is 6.07 Å². The van der Waals surface area contributed by atoms with Crippen LogP contribution in [0.2, 0.25) is 0 Å². The predicted molar refractivity (Wildman–Crippen MR) is 74.5 cm³/mol. The third-order valence-corrected chi connectivity index (χ3v) is 3.67. The van der Waals surface area contributed by atoms with Gasteiger partial charge in [-0.05, 0) is 45.3 Å². The summed E-state index contributed by atoms with van der Waals surface area (Å²) >= 11 is 0. The van der Waals surface area contributed by atoms with Crippen molar-refractivity contribution in [3.05, 3.63) is 23.8 Å². The third-order valence-electron chi connectivity index (χ3n) is 3.67. The summed E-state index contributed by atoms with van der Waals surface area (Å²) in [7, 11) is 0. The minimum atomic E-state index is 0.0768. The number of hydrogen-bond donors (Lipinski definition) is 2. The van der Waals surface area contributed by atoms with Crippen molar-refractivity contribution in [1.82, 2.24) is 4.90 Å². The third kappa shape index (κ3) is 3.19. The molecule has 0 radical (unpaired) electrons. The molecule has 4 heteroatoms. The van der Waals surface area contributed by atoms with Crippen LogP contribution >= 0.6 is 0 Å². The van der Waals surface area contributed by atoms with Gasteiger partial charge < -0.3 is 14.9 Å². The van der Waals surface area contributed by atoms with Gasteiger partial charge in [0.1, 0.15) is 0 Å². The van der Waals surface area contributed by atoms with E-state index < -0.39 is 0 Å². The lowest BCUT2D eigenvalue weighted by Gasteiger charge is -2.28. The quantitative estimate of drug-likeness (QED) is 0.828. The fraction of sp³-hybridized carbons (Fsp3) is 0.600. The summed E-state index contributed by atoms with van der Waals surface area (Å²) in [5.41, 5.74) is 0.863. The topological polar surface area (TPSA) is 52.9 Å². The number of likely N-dealkylation sites (tertiary alicyclic amines) is 1. The monoisotopic (exact) mass is 265 g/mol. The Hall–Kier alpha value is -1.26. The predicted octanol–water partition coefficient (Wildman–Crippen LogP) is 2.31. The molecule has 0 saturated carbocycles. The second-order valence-electron chi connectivity index (χ2n) is 4.90. The van der Waals surface area contributed by atoms with Gasteiger partial charge in [0.2, 0.25) is 0 Å². The second-order valence-corrected chi connectivity index (χ2v) is 4.90. The average molecular weight is 265 g/mol. The summed E-state index contributed by atoms with van der Waals surface area (Å²) in [6.45, 7) is 4.62. The number of aliphatic hydroxyl groups is 1. The number of ether oxygens (including phenoxy) is 1. The van der Waals surface area contributed by atoms with Gasteiger partial charge >= 0.3 is 0 Å². The smallest absolute Gasteiger partial charge is 0.162 e. The Bertz CT molecular complexity index is 402. The van der Waals surface area contributed by atoms with Crippen molar-refractivity contribution in [1.29, 1.82) is 0 Å². The summed E-state index contributed by atoms with van der Waals surface area (Å²) in [5, 5.41) is 19.6. The van der Waals surface area contributed by atoms with Gasteiger partial charge in [0.05, 0.1) is 6.61 Å². The Balaban J connectivity index is 2.27. The summed E-state index contributed by atoms with van der Waals surface area (Å²) < 4.78 is 5.44. The van der Waals surface area contributed by atoms with Gasteiger partial charge in [-0.2, -0.15) is 0 Å². The van der Waals surface area contributed by atoms with Crippen molar-refractivity contribution in [2.45, 2.75) is 32.2 Å². The molecule has 0 spiro atoms. The standard InChI is InChI=1S/C15H23NO3/c1-2-19-14-7-5-6-12(15(14)18)13(8-11-17)16-9-3-4-10-16/h5-7,13,17-18H,2-4,8-11H2,1H3. The molecule has 19 heavy (non-hydrogen) atoms. The summed E-state index contributed by atoms with van der Waals surface area (Å²) in [6.07, 6.45) is 3.02. The van der Waals surface area contributed by atoms with E-state index in [-0.39, 0.29) is 18.4 Å². The van der Waals surface area contributed by atoms with Crippen LogP contribution in [0.5, 0.6) is 11.5 Å². The number of benzene rings is 1. The fourth-order valence-electron chi connectivity index (χ4n) is 2.79. The molecule has 1 aromatic rings. The normalized spacial score (nSPS) is 17.6. The minimum absolute atomic E-state index is 0.0768. The number of para-hydroxylation sites is 1. The first-order chi connectivity index (χ1) is 9.27. The molecule has 2 rings (SSSR count). The fourth-order valence-corrected chi connectivity index (χ4v) is 2.79. The van der Waals surface area contributed by atoms with Gasteiger partial charge in [0.15, 0.2) is 11.5 Å². The van der Waals surface area contributed by atoms with Gasteiger partial charge in [0, 0.05) is 18.2 Å². The number of nitrogens with zero attached hydrogens (tertiary/aromatic N) is 1. The van der Waals surface area contributed by atoms with E-state index in [0.717, 1.165) is 18.7 Å². The Morgan fingerprint density at radius 3 is 2.68 bits per heavy atom. The van der Waals surface area contributed by atoms with E-state index in [1.807, 2.05) is 19.1 Å². The van der Waals surface area contributed by atoms with E-state index in [0.29, 0.717) is 18.8 Å². The van der Waals surface area contributed by atoms with Crippen LogP contribution in [0.25, 0.3) is 0 Å². The summed E-state index contributed by atoms with van der Waals surface area (Å²) in [5.74, 6) is 0.747. The Morgan fingerprint density at radius 1 is 1.32 bits per heavy atom. The van der Waals surface area contributed by atoms with Gasteiger partial charge in [-0.3, -0.25) is 4.90 Å². The van der Waals surface area contributed by atoms with Crippen LogP contribution < -0.4 is 4.74 Å². The van der Waals surface area contributed by atoms with Gasteiger partial charge in [0.25, 0.3) is 0 Å². The molecule has 0 aromatic heterocycles. The van der Waals surface area contributed by atoms with Crippen LogP contribution in [0, 0.1) is 0 Å². The summed E-state index contributed by atoms with van der Waals surface area (Å²) in [6, 6.07) is 5.69. The molecule has 4 nitrogen and oxygen atoms in total. The van der Waals surface area contributed by atoms with Crippen LogP contribution in [0.15, 0.2) is 18.2 Å². The first-order valence-electron chi connectivity index (χ1n) is 7.07. The first-order valence-corrected chi connectivity index (χ1v) is 7.07. The molecule has 1 heterocycles. The summed E-state index contributed by atoms with van der Waals surface area (Å²) in [4.78, 5) is 2.33. The Kier molecular flexibility index (Phi) is 5.05. The molecule has 1 aromatic carbocycles. The van der Waals surface area contributed by atoms with Crippen LogP contribution in [0.3, 0.4) is 0 Å². The van der Waals surface area contributed by atoms with E-state index >= 15 is 0 Å². The average Bonchev–Trinajstić information content (AvgIpc) is 2.93. The molecule has 1 atom stereocenters. The van der Waals surface area contributed by atoms with Gasteiger partial charge in [-0.15, -0.1) is 0 Å². The number of hydrogen-bond acceptors (Lipinski definition) is 4. The van der Waals surface area contributed by atoms with E-state index in [4.69, 9.17) is 4.74 Å². The molecule has 1 unspecified atom stereocenters. The molecule has 0 amide bonds. The molecule has 0 aliphatic carbocycles. The second kappa shape index (κ2) is 6.78. The Labute approximate surface area is 114 Å². The highest BCUT2D eigenvalue weighted by molar-refractivity contribution is 5.47. The first kappa shape index (κ1) is 14.2. The van der Waals surface area contributed by atoms with Crippen molar-refractivity contribution in [2.24, 2.45) is 0 Å². The highest BCUT2D eigenvalue weighted by Crippen LogP contribution is 2.38. The van der Waals surface area contributed by atoms with Crippen LogP contribution in [-0.4, -0.2) is 41.4 Å².